The molecule has 0 saturated heterocycles. The first kappa shape index (κ1) is 16.7. The monoisotopic (exact) mass is 362 g/mol. The van der Waals surface area contributed by atoms with Crippen molar-refractivity contribution >= 4 is 23.2 Å². The average Bonchev–Trinajstić information content (AvgIpc) is 3.09. The van der Waals surface area contributed by atoms with Crippen LogP contribution in [0.25, 0.3) is 0 Å². The summed E-state index contributed by atoms with van der Waals surface area (Å²) in [5, 5.41) is 3.71. The maximum absolute atomic E-state index is 12.8. The Morgan fingerprint density at radius 1 is 1.07 bits per heavy atom. The maximum atomic E-state index is 12.8. The van der Waals surface area contributed by atoms with E-state index < -0.39 is 11.8 Å². The van der Waals surface area contributed by atoms with E-state index in [1.807, 2.05) is 0 Å². The first-order chi connectivity index (χ1) is 13.0. The van der Waals surface area contributed by atoms with E-state index in [2.05, 4.69) is 5.16 Å². The third-order valence-electron chi connectivity index (χ3n) is 4.38. The number of nitrogens with two attached hydrogens (primary N) is 1. The Balaban J connectivity index is 1.68. The van der Waals surface area contributed by atoms with Gasteiger partial charge in [0.1, 0.15) is 0 Å². The number of nitrogen functional groups attached to an aromatic ring is 1. The lowest BCUT2D eigenvalue weighted by molar-refractivity contribution is 0.0438. The fraction of sp³-hybridized carbons (Fsp3) is 0.100. The minimum Gasteiger partial charge on any atom is -0.454 e. The number of fused-ring (bicyclic) bond motifs is 2. The zero-order chi connectivity index (χ0) is 19.1. The Morgan fingerprint density at radius 2 is 1.78 bits per heavy atom. The van der Waals surface area contributed by atoms with Gasteiger partial charge in [0.05, 0.1) is 22.5 Å². The summed E-state index contributed by atoms with van der Waals surface area (Å²) in [6.07, 6.45) is 0. The minimum atomic E-state index is -0.719. The van der Waals surface area contributed by atoms with Gasteiger partial charge in [0.2, 0.25) is 0 Å². The van der Waals surface area contributed by atoms with Crippen LogP contribution in [0, 0.1) is 6.92 Å². The van der Waals surface area contributed by atoms with Crippen molar-refractivity contribution in [3.63, 3.8) is 0 Å². The number of carbonyl (C=O) groups is 3. The molecule has 27 heavy (non-hydrogen) atoms. The molecule has 1 aliphatic rings. The number of ketones is 2. The quantitative estimate of drug-likeness (QED) is 0.440. The summed E-state index contributed by atoms with van der Waals surface area (Å²) in [6, 6.07) is 11.0. The predicted octanol–water partition coefficient (Wildman–Crippen LogP) is 2.70. The SMILES string of the molecule is Cc1cc(COC(=O)c2ccc3c(c2N)C(=O)c2ccccc2C3=O)on1. The normalized spacial score (nSPS) is 12.5. The molecule has 1 aliphatic carbocycles. The summed E-state index contributed by atoms with van der Waals surface area (Å²) in [5.74, 6) is -1.02. The number of aryl methyl sites for hydroxylation is 1. The molecule has 0 saturated carbocycles. The molecule has 0 bridgehead atoms. The van der Waals surface area contributed by atoms with Gasteiger partial charge >= 0.3 is 5.97 Å². The molecule has 0 atom stereocenters. The molecule has 134 valence electrons. The molecule has 0 fully saturated rings. The van der Waals surface area contributed by atoms with Gasteiger partial charge in [-0.15, -0.1) is 0 Å². The Labute approximate surface area is 153 Å². The summed E-state index contributed by atoms with van der Waals surface area (Å²) in [4.78, 5) is 37.9. The van der Waals surface area contributed by atoms with E-state index in [1.54, 1.807) is 37.3 Å². The van der Waals surface area contributed by atoms with Gasteiger partial charge in [-0.05, 0) is 19.1 Å². The summed E-state index contributed by atoms with van der Waals surface area (Å²) in [6.45, 7) is 1.63. The van der Waals surface area contributed by atoms with Crippen molar-refractivity contribution in [3.05, 3.63) is 81.7 Å². The average molecular weight is 362 g/mol. The number of hydrogen-bond donors (Lipinski definition) is 1. The number of ether oxygens (including phenoxy) is 1. The van der Waals surface area contributed by atoms with E-state index in [4.69, 9.17) is 15.0 Å². The van der Waals surface area contributed by atoms with Crippen molar-refractivity contribution in [1.29, 1.82) is 0 Å². The van der Waals surface area contributed by atoms with Gasteiger partial charge in [0.15, 0.2) is 23.9 Å². The first-order valence-electron chi connectivity index (χ1n) is 8.17. The lowest BCUT2D eigenvalue weighted by Gasteiger charge is -2.20. The molecule has 7 nitrogen and oxygen atoms in total. The first-order valence-corrected chi connectivity index (χ1v) is 8.17. The second-order valence-corrected chi connectivity index (χ2v) is 6.16. The van der Waals surface area contributed by atoms with Crippen LogP contribution in [-0.4, -0.2) is 22.7 Å². The van der Waals surface area contributed by atoms with Gasteiger partial charge in [-0.2, -0.15) is 0 Å². The smallest absolute Gasteiger partial charge is 0.340 e. The zero-order valence-corrected chi connectivity index (χ0v) is 14.3. The van der Waals surface area contributed by atoms with Crippen LogP contribution in [-0.2, 0) is 11.3 Å². The van der Waals surface area contributed by atoms with Crippen LogP contribution in [0.15, 0.2) is 47.0 Å². The largest absolute Gasteiger partial charge is 0.454 e. The molecule has 4 rings (SSSR count). The second-order valence-electron chi connectivity index (χ2n) is 6.16. The fourth-order valence-corrected chi connectivity index (χ4v) is 3.09. The molecule has 7 heteroatoms. The van der Waals surface area contributed by atoms with Gasteiger partial charge in [0, 0.05) is 22.8 Å². The third kappa shape index (κ3) is 2.69. The molecule has 1 aromatic heterocycles. The Hall–Kier alpha value is -3.74. The fourth-order valence-electron chi connectivity index (χ4n) is 3.09. The van der Waals surface area contributed by atoms with E-state index in [0.717, 1.165) is 0 Å². The summed E-state index contributed by atoms with van der Waals surface area (Å²) in [5.41, 5.74) is 7.49. The van der Waals surface area contributed by atoms with Crippen molar-refractivity contribution in [2.75, 3.05) is 5.73 Å². The molecular formula is C20H14N2O5. The molecule has 2 aromatic carbocycles. The van der Waals surface area contributed by atoms with Gasteiger partial charge in [-0.3, -0.25) is 9.59 Å². The van der Waals surface area contributed by atoms with E-state index >= 15 is 0 Å². The lowest BCUT2D eigenvalue weighted by atomic mass is 9.82. The zero-order valence-electron chi connectivity index (χ0n) is 14.3. The molecule has 0 radical (unpaired) electrons. The van der Waals surface area contributed by atoms with Crippen molar-refractivity contribution in [1.82, 2.24) is 5.16 Å². The number of aromatic nitrogens is 1. The summed E-state index contributed by atoms with van der Waals surface area (Å²) >= 11 is 0. The molecule has 3 aromatic rings. The van der Waals surface area contributed by atoms with Crippen LogP contribution in [0.3, 0.4) is 0 Å². The van der Waals surface area contributed by atoms with Crippen molar-refractivity contribution < 1.29 is 23.6 Å². The highest BCUT2D eigenvalue weighted by Gasteiger charge is 2.33. The molecule has 0 amide bonds. The highest BCUT2D eigenvalue weighted by Crippen LogP contribution is 2.32. The van der Waals surface area contributed by atoms with E-state index in [1.165, 1.54) is 12.1 Å². The number of carbonyl (C=O) groups excluding carboxylic acids is 3. The van der Waals surface area contributed by atoms with Gasteiger partial charge in [-0.1, -0.05) is 29.4 Å². The summed E-state index contributed by atoms with van der Waals surface area (Å²) in [7, 11) is 0. The second kappa shape index (κ2) is 6.21. The van der Waals surface area contributed by atoms with Crippen LogP contribution >= 0.6 is 0 Å². The van der Waals surface area contributed by atoms with Crippen molar-refractivity contribution in [3.8, 4) is 0 Å². The Morgan fingerprint density at radius 3 is 2.44 bits per heavy atom. The number of anilines is 1. The maximum Gasteiger partial charge on any atom is 0.340 e. The van der Waals surface area contributed by atoms with Crippen LogP contribution < -0.4 is 5.73 Å². The van der Waals surface area contributed by atoms with Crippen molar-refractivity contribution in [2.24, 2.45) is 0 Å². The molecule has 0 unspecified atom stereocenters. The molecule has 0 spiro atoms. The molecule has 1 heterocycles. The lowest BCUT2D eigenvalue weighted by Crippen LogP contribution is -2.24. The van der Waals surface area contributed by atoms with Crippen LogP contribution in [0.2, 0.25) is 0 Å². The third-order valence-corrected chi connectivity index (χ3v) is 4.38. The van der Waals surface area contributed by atoms with E-state index in [0.29, 0.717) is 17.0 Å². The van der Waals surface area contributed by atoms with E-state index in [-0.39, 0.29) is 40.3 Å². The number of hydrogen-bond acceptors (Lipinski definition) is 7. The van der Waals surface area contributed by atoms with Gasteiger partial charge in [0.25, 0.3) is 0 Å². The predicted molar refractivity (Wildman–Crippen MR) is 94.5 cm³/mol. The topological polar surface area (TPSA) is 112 Å². The number of benzene rings is 2. The van der Waals surface area contributed by atoms with Gasteiger partial charge in [-0.25, -0.2) is 4.79 Å². The minimum absolute atomic E-state index is 0.0190. The molecule has 0 aliphatic heterocycles. The van der Waals surface area contributed by atoms with Crippen LogP contribution in [0.4, 0.5) is 5.69 Å². The molecular weight excluding hydrogens is 348 g/mol. The van der Waals surface area contributed by atoms with Crippen LogP contribution in [0.1, 0.15) is 53.7 Å². The van der Waals surface area contributed by atoms with E-state index in [9.17, 15) is 14.4 Å². The summed E-state index contributed by atoms with van der Waals surface area (Å²) < 4.78 is 10.2. The van der Waals surface area contributed by atoms with Crippen LogP contribution in [0.5, 0.6) is 0 Å². The Kier molecular flexibility index (Phi) is 3.84. The van der Waals surface area contributed by atoms with Crippen molar-refractivity contribution in [2.45, 2.75) is 13.5 Å². The van der Waals surface area contributed by atoms with Gasteiger partial charge < -0.3 is 15.0 Å². The standard InChI is InChI=1S/C20H14N2O5/c1-10-8-11(27-22-10)9-26-20(25)15-7-6-14-16(17(15)21)19(24)13-5-3-2-4-12(13)18(14)23/h2-8H,9,21H2,1H3. The highest BCUT2D eigenvalue weighted by atomic mass is 16.5. The number of nitrogens with zero attached hydrogens (tertiary/aromatic N) is 1. The molecule has 2 N–H and O–H groups in total. The number of rotatable bonds is 3. The number of esters is 1. The highest BCUT2D eigenvalue weighted by molar-refractivity contribution is 6.30. The Bertz CT molecular complexity index is 1110.